The van der Waals surface area contributed by atoms with Gasteiger partial charge in [-0.3, -0.25) is 4.79 Å². The Bertz CT molecular complexity index is 354. The van der Waals surface area contributed by atoms with Gasteiger partial charge in [-0.05, 0) is 24.6 Å². The zero-order valence-electron chi connectivity index (χ0n) is 7.05. The van der Waals surface area contributed by atoms with Crippen molar-refractivity contribution in [3.63, 3.8) is 0 Å². The lowest BCUT2D eigenvalue weighted by Crippen LogP contribution is -1.86. The molecule has 0 radical (unpaired) electrons. The molecule has 0 aliphatic rings. The van der Waals surface area contributed by atoms with Crippen molar-refractivity contribution in [2.24, 2.45) is 0 Å². The second kappa shape index (κ2) is 4.58. The van der Waals surface area contributed by atoms with Crippen molar-refractivity contribution in [3.8, 4) is 0 Å². The highest BCUT2D eigenvalue weighted by molar-refractivity contribution is 9.11. The third-order valence-electron chi connectivity index (χ3n) is 1.62. The molecule has 0 saturated heterocycles. The number of hydrogen-bond acceptors (Lipinski definition) is 1. The molecule has 1 aromatic rings. The van der Waals surface area contributed by atoms with E-state index in [1.165, 1.54) is 0 Å². The van der Waals surface area contributed by atoms with E-state index < -0.39 is 0 Å². The standard InChI is InChI=1S/C10H8BrClO/c1-7(11)10(6-13)8-3-2-4-9(12)5-8/h2-6H,1H3/b10-7+. The molecule has 13 heavy (non-hydrogen) atoms. The Balaban J connectivity index is 3.21. The second-order valence-corrected chi connectivity index (χ2v) is 4.20. The largest absolute Gasteiger partial charge is 0.298 e. The van der Waals surface area contributed by atoms with Gasteiger partial charge >= 0.3 is 0 Å². The Hall–Kier alpha value is -0.600. The normalized spacial score (nSPS) is 12.2. The van der Waals surface area contributed by atoms with Gasteiger partial charge < -0.3 is 0 Å². The number of hydrogen-bond donors (Lipinski definition) is 0. The van der Waals surface area contributed by atoms with Gasteiger partial charge in [0.15, 0.2) is 6.29 Å². The van der Waals surface area contributed by atoms with Gasteiger partial charge in [0.25, 0.3) is 0 Å². The number of carbonyl (C=O) groups is 1. The van der Waals surface area contributed by atoms with Crippen LogP contribution in [0.3, 0.4) is 0 Å². The predicted molar refractivity (Wildman–Crippen MR) is 59.0 cm³/mol. The van der Waals surface area contributed by atoms with Crippen molar-refractivity contribution in [1.82, 2.24) is 0 Å². The molecule has 0 aliphatic heterocycles. The summed E-state index contributed by atoms with van der Waals surface area (Å²) in [5.74, 6) is 0. The first-order chi connectivity index (χ1) is 6.15. The minimum atomic E-state index is 0.627. The van der Waals surface area contributed by atoms with Crippen LogP contribution in [0.5, 0.6) is 0 Å². The maximum Gasteiger partial charge on any atom is 0.151 e. The van der Waals surface area contributed by atoms with E-state index in [0.29, 0.717) is 10.6 Å². The molecule has 0 saturated carbocycles. The number of allylic oxidation sites excluding steroid dienone is 2. The highest BCUT2D eigenvalue weighted by atomic mass is 79.9. The molecule has 0 N–H and O–H groups in total. The molecule has 1 nitrogen and oxygen atoms in total. The first-order valence-electron chi connectivity index (χ1n) is 3.72. The first kappa shape index (κ1) is 10.5. The van der Waals surface area contributed by atoms with E-state index in [1.807, 2.05) is 19.1 Å². The lowest BCUT2D eigenvalue weighted by molar-refractivity contribution is -0.103. The van der Waals surface area contributed by atoms with Crippen LogP contribution in [0.25, 0.3) is 5.57 Å². The van der Waals surface area contributed by atoms with E-state index in [-0.39, 0.29) is 0 Å². The number of halogens is 2. The van der Waals surface area contributed by atoms with Gasteiger partial charge in [-0.15, -0.1) is 0 Å². The lowest BCUT2D eigenvalue weighted by Gasteiger charge is -2.01. The van der Waals surface area contributed by atoms with Crippen LogP contribution in [-0.2, 0) is 4.79 Å². The molecule has 0 spiro atoms. The highest BCUT2D eigenvalue weighted by Crippen LogP contribution is 2.22. The molecule has 1 aromatic carbocycles. The zero-order chi connectivity index (χ0) is 9.84. The van der Waals surface area contributed by atoms with Gasteiger partial charge in [0.2, 0.25) is 0 Å². The minimum Gasteiger partial charge on any atom is -0.298 e. The summed E-state index contributed by atoms with van der Waals surface area (Å²) >= 11 is 9.06. The van der Waals surface area contributed by atoms with Crippen LogP contribution in [0.1, 0.15) is 12.5 Å². The van der Waals surface area contributed by atoms with Crippen molar-refractivity contribution in [1.29, 1.82) is 0 Å². The summed E-state index contributed by atoms with van der Waals surface area (Å²) in [6.07, 6.45) is 0.815. The third-order valence-corrected chi connectivity index (χ3v) is 2.29. The minimum absolute atomic E-state index is 0.627. The van der Waals surface area contributed by atoms with Crippen LogP contribution in [0, 0.1) is 0 Å². The molecular formula is C10H8BrClO. The molecule has 0 unspecified atom stereocenters. The van der Waals surface area contributed by atoms with Gasteiger partial charge in [0.05, 0.1) is 0 Å². The van der Waals surface area contributed by atoms with Gasteiger partial charge in [0, 0.05) is 15.1 Å². The monoisotopic (exact) mass is 258 g/mol. The Kier molecular flexibility index (Phi) is 3.70. The molecule has 0 aromatic heterocycles. The quantitative estimate of drug-likeness (QED) is 0.585. The zero-order valence-corrected chi connectivity index (χ0v) is 9.39. The summed E-state index contributed by atoms with van der Waals surface area (Å²) in [6, 6.07) is 7.20. The third kappa shape index (κ3) is 2.68. The van der Waals surface area contributed by atoms with E-state index >= 15 is 0 Å². The molecule has 0 fully saturated rings. The average molecular weight is 260 g/mol. The molecule has 0 amide bonds. The van der Waals surface area contributed by atoms with Crippen LogP contribution < -0.4 is 0 Å². The van der Waals surface area contributed by atoms with Crippen molar-refractivity contribution in [2.75, 3.05) is 0 Å². The molecule has 0 atom stereocenters. The van der Waals surface area contributed by atoms with E-state index in [2.05, 4.69) is 15.9 Å². The van der Waals surface area contributed by atoms with Crippen LogP contribution in [0.4, 0.5) is 0 Å². The number of aldehydes is 1. The van der Waals surface area contributed by atoms with Crippen LogP contribution >= 0.6 is 27.5 Å². The van der Waals surface area contributed by atoms with Crippen LogP contribution in [0.2, 0.25) is 5.02 Å². The molecule has 3 heteroatoms. The lowest BCUT2D eigenvalue weighted by atomic mass is 10.1. The number of rotatable bonds is 2. The van der Waals surface area contributed by atoms with E-state index in [1.54, 1.807) is 12.1 Å². The fourth-order valence-corrected chi connectivity index (χ4v) is 1.52. The molecular weight excluding hydrogens is 251 g/mol. The van der Waals surface area contributed by atoms with Crippen LogP contribution in [0.15, 0.2) is 28.7 Å². The first-order valence-corrected chi connectivity index (χ1v) is 4.89. The van der Waals surface area contributed by atoms with Gasteiger partial charge in [-0.25, -0.2) is 0 Å². The van der Waals surface area contributed by atoms with E-state index in [0.717, 1.165) is 16.3 Å². The Morgan fingerprint density at radius 3 is 2.69 bits per heavy atom. The Morgan fingerprint density at radius 2 is 2.23 bits per heavy atom. The van der Waals surface area contributed by atoms with Gasteiger partial charge in [0.1, 0.15) is 0 Å². The van der Waals surface area contributed by atoms with Crippen molar-refractivity contribution >= 4 is 39.4 Å². The SMILES string of the molecule is C/C(Br)=C(/C=O)c1cccc(Cl)c1. The molecule has 0 bridgehead atoms. The highest BCUT2D eigenvalue weighted by Gasteiger charge is 2.02. The summed E-state index contributed by atoms with van der Waals surface area (Å²) in [7, 11) is 0. The Morgan fingerprint density at radius 1 is 1.54 bits per heavy atom. The van der Waals surface area contributed by atoms with Crippen molar-refractivity contribution < 1.29 is 4.79 Å². The van der Waals surface area contributed by atoms with Gasteiger partial charge in [-0.1, -0.05) is 39.7 Å². The molecule has 68 valence electrons. The smallest absolute Gasteiger partial charge is 0.151 e. The second-order valence-electron chi connectivity index (χ2n) is 2.58. The maximum absolute atomic E-state index is 10.7. The molecule has 0 aliphatic carbocycles. The van der Waals surface area contributed by atoms with Crippen LogP contribution in [-0.4, -0.2) is 6.29 Å². The molecule has 0 heterocycles. The summed E-state index contributed by atoms with van der Waals surface area (Å²) in [5, 5.41) is 0.630. The summed E-state index contributed by atoms with van der Waals surface area (Å²) in [5.41, 5.74) is 1.46. The number of carbonyl (C=O) groups excluding carboxylic acids is 1. The summed E-state index contributed by atoms with van der Waals surface area (Å²) in [4.78, 5) is 10.7. The van der Waals surface area contributed by atoms with Crippen molar-refractivity contribution in [2.45, 2.75) is 6.92 Å². The molecule has 1 rings (SSSR count). The maximum atomic E-state index is 10.7. The Labute approximate surface area is 90.5 Å². The topological polar surface area (TPSA) is 17.1 Å². The van der Waals surface area contributed by atoms with E-state index in [4.69, 9.17) is 11.6 Å². The summed E-state index contributed by atoms with van der Waals surface area (Å²) in [6.45, 7) is 1.82. The number of benzene rings is 1. The fourth-order valence-electron chi connectivity index (χ4n) is 1.00. The van der Waals surface area contributed by atoms with E-state index in [9.17, 15) is 4.79 Å². The predicted octanol–water partition coefficient (Wildman–Crippen LogP) is 3.66. The van der Waals surface area contributed by atoms with Gasteiger partial charge in [-0.2, -0.15) is 0 Å². The average Bonchev–Trinajstić information content (AvgIpc) is 2.04. The summed E-state index contributed by atoms with van der Waals surface area (Å²) < 4.78 is 0.810. The fraction of sp³-hybridized carbons (Fsp3) is 0.100. The van der Waals surface area contributed by atoms with Crippen molar-refractivity contribution in [3.05, 3.63) is 39.3 Å².